The third-order valence-corrected chi connectivity index (χ3v) is 5.64. The van der Waals surface area contributed by atoms with Gasteiger partial charge in [-0.15, -0.1) is 0 Å². The highest BCUT2D eigenvalue weighted by atomic mass is 79.9. The molecule has 1 amide bonds. The fourth-order valence-electron chi connectivity index (χ4n) is 3.86. The third-order valence-electron chi connectivity index (χ3n) is 5.02. The summed E-state index contributed by atoms with van der Waals surface area (Å²) in [6.07, 6.45) is 5.98. The van der Waals surface area contributed by atoms with Crippen LogP contribution in [-0.2, 0) is 9.53 Å². The number of carbonyl (C=O) groups is 2. The largest absolute Gasteiger partial charge is 0.444 e. The van der Waals surface area contributed by atoms with Crippen molar-refractivity contribution in [3.8, 4) is 0 Å². The number of amides is 1. The van der Waals surface area contributed by atoms with Gasteiger partial charge in [0.05, 0.1) is 0 Å². The number of Topliss-reactive ketones (excluding diaryl/α,β-unsaturated/α-hetero) is 1. The number of hydrogen-bond acceptors (Lipinski definition) is 3. The van der Waals surface area contributed by atoms with Crippen molar-refractivity contribution < 1.29 is 14.3 Å². The van der Waals surface area contributed by atoms with Crippen molar-refractivity contribution in [3.63, 3.8) is 0 Å². The summed E-state index contributed by atoms with van der Waals surface area (Å²) in [6, 6.07) is 0. The van der Waals surface area contributed by atoms with Crippen molar-refractivity contribution in [3.05, 3.63) is 21.7 Å². The Balaban J connectivity index is 1.73. The molecule has 2 aliphatic carbocycles. The number of hydrogen-bond donors (Lipinski definition) is 0. The summed E-state index contributed by atoms with van der Waals surface area (Å²) in [6.45, 7) is 6.96. The van der Waals surface area contributed by atoms with Gasteiger partial charge in [0.15, 0.2) is 5.78 Å². The van der Waals surface area contributed by atoms with Crippen LogP contribution in [0.2, 0.25) is 0 Å². The average Bonchev–Trinajstić information content (AvgIpc) is 2.70. The van der Waals surface area contributed by atoms with E-state index in [0.29, 0.717) is 25.3 Å². The van der Waals surface area contributed by atoms with Gasteiger partial charge in [-0.1, -0.05) is 15.9 Å². The van der Waals surface area contributed by atoms with Gasteiger partial charge < -0.3 is 9.64 Å². The molecule has 1 spiro atoms. The number of rotatable bonds is 0. The van der Waals surface area contributed by atoms with E-state index >= 15 is 0 Å². The summed E-state index contributed by atoms with van der Waals surface area (Å²) in [4.78, 5) is 26.4. The molecule has 3 aliphatic rings. The number of allylic oxidation sites excluding steroid dienone is 4. The lowest BCUT2D eigenvalue weighted by atomic mass is 9.72. The highest BCUT2D eigenvalue weighted by molar-refractivity contribution is 9.11. The molecule has 0 bridgehead atoms. The molecule has 0 unspecified atom stereocenters. The smallest absolute Gasteiger partial charge is 0.410 e. The van der Waals surface area contributed by atoms with Crippen molar-refractivity contribution >= 4 is 27.8 Å². The first-order valence-corrected chi connectivity index (χ1v) is 9.10. The van der Waals surface area contributed by atoms with Gasteiger partial charge in [0.2, 0.25) is 0 Å². The molecule has 0 radical (unpaired) electrons. The maximum atomic E-state index is 12.4. The molecule has 0 aromatic heterocycles. The zero-order valence-electron chi connectivity index (χ0n) is 14.1. The highest BCUT2D eigenvalue weighted by Crippen LogP contribution is 2.52. The molecule has 4 nitrogen and oxygen atoms in total. The molecule has 3 rings (SSSR count). The van der Waals surface area contributed by atoms with E-state index in [9.17, 15) is 9.59 Å². The lowest BCUT2D eigenvalue weighted by molar-refractivity contribution is -0.116. The molecule has 0 aromatic carbocycles. The number of halogens is 1. The Morgan fingerprint density at radius 1 is 1.26 bits per heavy atom. The number of piperidine rings is 1. The molecule has 0 saturated carbocycles. The number of ether oxygens (including phenoxy) is 1. The second kappa shape index (κ2) is 5.76. The fraction of sp³-hybridized carbons (Fsp3) is 0.667. The van der Waals surface area contributed by atoms with Crippen molar-refractivity contribution in [1.82, 2.24) is 4.90 Å². The Hall–Kier alpha value is -1.10. The second-order valence-corrected chi connectivity index (χ2v) is 8.85. The van der Waals surface area contributed by atoms with Gasteiger partial charge >= 0.3 is 6.09 Å². The number of likely N-dealkylation sites (tertiary alicyclic amines) is 1. The molecule has 1 heterocycles. The van der Waals surface area contributed by atoms with E-state index < -0.39 is 5.60 Å². The number of ketones is 1. The van der Waals surface area contributed by atoms with Crippen LogP contribution in [0.15, 0.2) is 21.7 Å². The van der Waals surface area contributed by atoms with E-state index in [2.05, 4.69) is 22.0 Å². The van der Waals surface area contributed by atoms with E-state index in [4.69, 9.17) is 4.74 Å². The summed E-state index contributed by atoms with van der Waals surface area (Å²) in [7, 11) is 0. The van der Waals surface area contributed by atoms with Gasteiger partial charge in [0, 0.05) is 24.9 Å². The van der Waals surface area contributed by atoms with Gasteiger partial charge in [-0.25, -0.2) is 4.79 Å². The Morgan fingerprint density at radius 3 is 2.52 bits per heavy atom. The summed E-state index contributed by atoms with van der Waals surface area (Å²) in [5.74, 6) is 0.307. The minimum absolute atomic E-state index is 0.0651. The molecule has 0 N–H and O–H groups in total. The molecule has 0 aromatic rings. The lowest BCUT2D eigenvalue weighted by Gasteiger charge is -2.41. The van der Waals surface area contributed by atoms with Gasteiger partial charge in [-0.05, 0) is 68.2 Å². The van der Waals surface area contributed by atoms with Crippen LogP contribution in [0.5, 0.6) is 0 Å². The Bertz CT molecular complexity index is 604. The van der Waals surface area contributed by atoms with Gasteiger partial charge in [-0.3, -0.25) is 4.79 Å². The molecule has 1 fully saturated rings. The van der Waals surface area contributed by atoms with E-state index in [1.807, 2.05) is 20.8 Å². The predicted molar refractivity (Wildman–Crippen MR) is 92.4 cm³/mol. The van der Waals surface area contributed by atoms with Gasteiger partial charge in [-0.2, -0.15) is 0 Å². The van der Waals surface area contributed by atoms with Crippen LogP contribution in [0.4, 0.5) is 4.79 Å². The predicted octanol–water partition coefficient (Wildman–Crippen LogP) is 4.35. The molecule has 5 heteroatoms. The molecule has 1 saturated heterocycles. The lowest BCUT2D eigenvalue weighted by Crippen LogP contribution is -2.45. The van der Waals surface area contributed by atoms with Crippen LogP contribution < -0.4 is 0 Å². The minimum Gasteiger partial charge on any atom is -0.444 e. The van der Waals surface area contributed by atoms with Crippen molar-refractivity contribution in [1.29, 1.82) is 0 Å². The first kappa shape index (κ1) is 16.7. The van der Waals surface area contributed by atoms with Crippen molar-refractivity contribution in [2.75, 3.05) is 13.1 Å². The summed E-state index contributed by atoms with van der Waals surface area (Å²) in [5.41, 5.74) is 1.72. The first-order chi connectivity index (χ1) is 10.7. The zero-order chi connectivity index (χ0) is 16.8. The molecule has 1 aliphatic heterocycles. The molecular weight excluding hydrogens is 358 g/mol. The van der Waals surface area contributed by atoms with E-state index in [1.165, 1.54) is 10.1 Å². The molecule has 126 valence electrons. The quantitative estimate of drug-likeness (QED) is 0.626. The van der Waals surface area contributed by atoms with Crippen LogP contribution in [0.3, 0.4) is 0 Å². The second-order valence-electron chi connectivity index (χ2n) is 7.83. The highest BCUT2D eigenvalue weighted by Gasteiger charge is 2.47. The van der Waals surface area contributed by atoms with Crippen LogP contribution in [-0.4, -0.2) is 35.5 Å². The van der Waals surface area contributed by atoms with E-state index in [0.717, 1.165) is 31.3 Å². The summed E-state index contributed by atoms with van der Waals surface area (Å²) < 4.78 is 6.64. The van der Waals surface area contributed by atoms with Crippen LogP contribution in [0.1, 0.15) is 52.9 Å². The van der Waals surface area contributed by atoms with Crippen LogP contribution in [0, 0.1) is 5.41 Å². The van der Waals surface area contributed by atoms with E-state index in [-0.39, 0.29) is 11.5 Å². The Morgan fingerprint density at radius 2 is 1.91 bits per heavy atom. The standard InChI is InChI=1S/C18H24BrNO3/c1-17(2,3)23-16(22)20-8-6-18(7-9-20)11-15(21)13-5-4-12(19)10-14(13)18/h10H,4-9,11H2,1-3H3. The maximum Gasteiger partial charge on any atom is 0.410 e. The Labute approximate surface area is 146 Å². The van der Waals surface area contributed by atoms with Crippen LogP contribution >= 0.6 is 15.9 Å². The van der Waals surface area contributed by atoms with Crippen molar-refractivity contribution in [2.24, 2.45) is 5.41 Å². The minimum atomic E-state index is -0.470. The molecule has 0 atom stereocenters. The number of carbonyl (C=O) groups excluding carboxylic acids is 2. The van der Waals surface area contributed by atoms with Crippen molar-refractivity contribution in [2.45, 2.75) is 58.5 Å². The zero-order valence-corrected chi connectivity index (χ0v) is 15.7. The maximum absolute atomic E-state index is 12.4. The van der Waals surface area contributed by atoms with E-state index in [1.54, 1.807) is 4.90 Å². The number of nitrogens with zero attached hydrogens (tertiary/aromatic N) is 1. The summed E-state index contributed by atoms with van der Waals surface area (Å²) >= 11 is 3.59. The summed E-state index contributed by atoms with van der Waals surface area (Å²) in [5, 5.41) is 0. The Kier molecular flexibility index (Phi) is 4.20. The monoisotopic (exact) mass is 381 g/mol. The number of fused-ring (bicyclic) bond motifs is 1. The third kappa shape index (κ3) is 3.25. The first-order valence-electron chi connectivity index (χ1n) is 8.31. The SMILES string of the molecule is CC(C)(C)OC(=O)N1CCC2(CC1)CC(=O)C1=C2C=C(Br)CC1. The topological polar surface area (TPSA) is 46.6 Å². The van der Waals surface area contributed by atoms with Gasteiger partial charge in [0.1, 0.15) is 5.60 Å². The van der Waals surface area contributed by atoms with Crippen LogP contribution in [0.25, 0.3) is 0 Å². The normalized spacial score (nSPS) is 23.9. The average molecular weight is 382 g/mol. The fourth-order valence-corrected chi connectivity index (χ4v) is 4.28. The molecular formula is C18H24BrNO3. The van der Waals surface area contributed by atoms with Gasteiger partial charge in [0.25, 0.3) is 0 Å². The molecule has 23 heavy (non-hydrogen) atoms.